The molecule has 7 heteroatoms. The van der Waals surface area contributed by atoms with Gasteiger partial charge in [0, 0.05) is 24.8 Å². The van der Waals surface area contributed by atoms with E-state index in [9.17, 15) is 8.42 Å². The SMILES string of the molecule is Cc1ccc(S(=O)(=O)N2CCC(Oc3cc(C)nc(C)n3)CC2)cc1. The van der Waals surface area contributed by atoms with Gasteiger partial charge in [0.2, 0.25) is 15.9 Å². The van der Waals surface area contributed by atoms with E-state index in [-0.39, 0.29) is 6.10 Å². The molecule has 0 atom stereocenters. The van der Waals surface area contributed by atoms with Crippen LogP contribution >= 0.6 is 0 Å². The monoisotopic (exact) mass is 361 g/mol. The van der Waals surface area contributed by atoms with Crippen LogP contribution in [0.3, 0.4) is 0 Å². The van der Waals surface area contributed by atoms with Crippen LogP contribution in [0.1, 0.15) is 29.9 Å². The van der Waals surface area contributed by atoms with E-state index in [0.29, 0.717) is 42.5 Å². The first-order valence-corrected chi connectivity index (χ1v) is 9.84. The molecule has 0 amide bonds. The average Bonchev–Trinajstić information content (AvgIpc) is 2.55. The highest BCUT2D eigenvalue weighted by Crippen LogP contribution is 2.23. The van der Waals surface area contributed by atoms with Crippen molar-refractivity contribution in [1.29, 1.82) is 0 Å². The summed E-state index contributed by atoms with van der Waals surface area (Å²) < 4.78 is 32.9. The number of hydrogen-bond donors (Lipinski definition) is 0. The van der Waals surface area contributed by atoms with Gasteiger partial charge in [-0.1, -0.05) is 17.7 Å². The van der Waals surface area contributed by atoms with Crippen LogP contribution in [0.5, 0.6) is 5.88 Å². The van der Waals surface area contributed by atoms with Gasteiger partial charge < -0.3 is 4.74 Å². The summed E-state index contributed by atoms with van der Waals surface area (Å²) in [5, 5.41) is 0. The van der Waals surface area contributed by atoms with Crippen LogP contribution in [0.4, 0.5) is 0 Å². The fourth-order valence-corrected chi connectivity index (χ4v) is 4.43. The van der Waals surface area contributed by atoms with Gasteiger partial charge in [-0.25, -0.2) is 13.4 Å². The van der Waals surface area contributed by atoms with Crippen LogP contribution in [-0.2, 0) is 10.0 Å². The summed E-state index contributed by atoms with van der Waals surface area (Å²) in [6.45, 7) is 6.57. The minimum absolute atomic E-state index is 0.0295. The van der Waals surface area contributed by atoms with Crippen LogP contribution in [-0.4, -0.2) is 41.9 Å². The average molecular weight is 361 g/mol. The van der Waals surface area contributed by atoms with Gasteiger partial charge in [-0.2, -0.15) is 9.29 Å². The Kier molecular flexibility index (Phi) is 5.06. The fraction of sp³-hybridized carbons (Fsp3) is 0.444. The lowest BCUT2D eigenvalue weighted by molar-refractivity contribution is 0.129. The van der Waals surface area contributed by atoms with E-state index in [4.69, 9.17) is 4.74 Å². The van der Waals surface area contributed by atoms with E-state index in [1.54, 1.807) is 12.1 Å². The zero-order chi connectivity index (χ0) is 18.0. The molecule has 2 aromatic rings. The molecule has 1 saturated heterocycles. The maximum Gasteiger partial charge on any atom is 0.243 e. The van der Waals surface area contributed by atoms with Gasteiger partial charge >= 0.3 is 0 Å². The minimum atomic E-state index is -3.44. The quantitative estimate of drug-likeness (QED) is 0.837. The smallest absolute Gasteiger partial charge is 0.243 e. The summed E-state index contributed by atoms with van der Waals surface area (Å²) in [7, 11) is -3.44. The zero-order valence-corrected chi connectivity index (χ0v) is 15.6. The lowest BCUT2D eigenvalue weighted by Gasteiger charge is -2.31. The lowest BCUT2D eigenvalue weighted by atomic mass is 10.1. The number of sulfonamides is 1. The number of ether oxygens (including phenoxy) is 1. The van der Waals surface area contributed by atoms with Crippen molar-refractivity contribution in [1.82, 2.24) is 14.3 Å². The number of benzene rings is 1. The predicted octanol–water partition coefficient (Wildman–Crippen LogP) is 2.63. The summed E-state index contributed by atoms with van der Waals surface area (Å²) in [5.41, 5.74) is 1.91. The molecule has 1 aliphatic heterocycles. The Hall–Kier alpha value is -1.99. The van der Waals surface area contributed by atoms with Crippen molar-refractivity contribution in [3.63, 3.8) is 0 Å². The number of nitrogens with zero attached hydrogens (tertiary/aromatic N) is 3. The van der Waals surface area contributed by atoms with Crippen molar-refractivity contribution in [2.24, 2.45) is 0 Å². The predicted molar refractivity (Wildman–Crippen MR) is 95.1 cm³/mol. The molecule has 1 fully saturated rings. The minimum Gasteiger partial charge on any atom is -0.474 e. The lowest BCUT2D eigenvalue weighted by Crippen LogP contribution is -2.41. The maximum atomic E-state index is 12.7. The maximum absolute atomic E-state index is 12.7. The second-order valence-electron chi connectivity index (χ2n) is 6.43. The highest BCUT2D eigenvalue weighted by atomic mass is 32.2. The second-order valence-corrected chi connectivity index (χ2v) is 8.37. The molecule has 0 N–H and O–H groups in total. The molecule has 1 aromatic carbocycles. The third kappa shape index (κ3) is 4.16. The fourth-order valence-electron chi connectivity index (χ4n) is 2.96. The van der Waals surface area contributed by atoms with E-state index >= 15 is 0 Å². The highest BCUT2D eigenvalue weighted by Gasteiger charge is 2.30. The molecular weight excluding hydrogens is 338 g/mol. The standard InChI is InChI=1S/C18H23N3O3S/c1-13-4-6-17(7-5-13)25(22,23)21-10-8-16(9-11-21)24-18-12-14(2)19-15(3)20-18/h4-7,12,16H,8-11H2,1-3H3. The molecule has 2 heterocycles. The number of hydrogen-bond acceptors (Lipinski definition) is 5. The number of piperidine rings is 1. The van der Waals surface area contributed by atoms with Gasteiger partial charge in [-0.15, -0.1) is 0 Å². The Bertz CT molecular complexity index is 822. The first-order valence-electron chi connectivity index (χ1n) is 8.40. The molecule has 3 rings (SSSR count). The summed E-state index contributed by atoms with van der Waals surface area (Å²) >= 11 is 0. The highest BCUT2D eigenvalue weighted by molar-refractivity contribution is 7.89. The van der Waals surface area contributed by atoms with Crippen molar-refractivity contribution >= 4 is 10.0 Å². The van der Waals surface area contributed by atoms with Crippen LogP contribution < -0.4 is 4.74 Å². The first kappa shape index (κ1) is 17.8. The molecule has 0 bridgehead atoms. The van der Waals surface area contributed by atoms with Gasteiger partial charge in [-0.05, 0) is 45.7 Å². The topological polar surface area (TPSA) is 72.4 Å². The Labute approximate surface area is 148 Å². The molecule has 25 heavy (non-hydrogen) atoms. The van der Waals surface area contributed by atoms with E-state index in [2.05, 4.69) is 9.97 Å². The number of rotatable bonds is 4. The van der Waals surface area contributed by atoms with Crippen molar-refractivity contribution < 1.29 is 13.2 Å². The van der Waals surface area contributed by atoms with Crippen LogP contribution in [0.15, 0.2) is 35.2 Å². The molecule has 0 radical (unpaired) electrons. The molecule has 0 spiro atoms. The third-order valence-corrected chi connectivity index (χ3v) is 6.20. The van der Waals surface area contributed by atoms with Crippen molar-refractivity contribution in [3.8, 4) is 5.88 Å². The molecule has 134 valence electrons. The van der Waals surface area contributed by atoms with Gasteiger partial charge in [-0.3, -0.25) is 0 Å². The molecule has 6 nitrogen and oxygen atoms in total. The molecule has 0 unspecified atom stereocenters. The van der Waals surface area contributed by atoms with Crippen LogP contribution in [0.25, 0.3) is 0 Å². The van der Waals surface area contributed by atoms with E-state index in [1.807, 2.05) is 39.0 Å². The van der Waals surface area contributed by atoms with E-state index in [0.717, 1.165) is 11.3 Å². The molecule has 1 aliphatic rings. The van der Waals surface area contributed by atoms with E-state index in [1.165, 1.54) is 4.31 Å². The van der Waals surface area contributed by atoms with Crippen molar-refractivity contribution in [2.45, 2.75) is 44.6 Å². The van der Waals surface area contributed by atoms with Gasteiger partial charge in [0.1, 0.15) is 11.9 Å². The Morgan fingerprint density at radius 2 is 1.68 bits per heavy atom. The summed E-state index contributed by atoms with van der Waals surface area (Å²) in [5.74, 6) is 1.24. The van der Waals surface area contributed by atoms with Crippen LogP contribution in [0.2, 0.25) is 0 Å². The van der Waals surface area contributed by atoms with Gasteiger partial charge in [0.05, 0.1) is 4.90 Å². The normalized spacial score (nSPS) is 16.8. The molecule has 1 aromatic heterocycles. The van der Waals surface area contributed by atoms with Crippen LogP contribution in [0, 0.1) is 20.8 Å². The number of aromatic nitrogens is 2. The second kappa shape index (κ2) is 7.09. The molecular formula is C18H23N3O3S. The summed E-state index contributed by atoms with van der Waals surface area (Å²) in [4.78, 5) is 8.87. The molecule has 0 aliphatic carbocycles. The largest absolute Gasteiger partial charge is 0.474 e. The van der Waals surface area contributed by atoms with Crippen molar-refractivity contribution in [3.05, 3.63) is 47.4 Å². The summed E-state index contributed by atoms with van der Waals surface area (Å²) in [6.07, 6.45) is 1.26. The Balaban J connectivity index is 1.64. The zero-order valence-electron chi connectivity index (χ0n) is 14.8. The number of aryl methyl sites for hydroxylation is 3. The van der Waals surface area contributed by atoms with Gasteiger partial charge in [0.15, 0.2) is 0 Å². The van der Waals surface area contributed by atoms with Gasteiger partial charge in [0.25, 0.3) is 0 Å². The van der Waals surface area contributed by atoms with Crippen molar-refractivity contribution in [2.75, 3.05) is 13.1 Å². The molecule has 0 saturated carbocycles. The third-order valence-electron chi connectivity index (χ3n) is 4.29. The first-order chi connectivity index (χ1) is 11.8. The summed E-state index contributed by atoms with van der Waals surface area (Å²) in [6, 6.07) is 8.78. The van der Waals surface area contributed by atoms with E-state index < -0.39 is 10.0 Å². The Morgan fingerprint density at radius 3 is 2.28 bits per heavy atom. The Morgan fingerprint density at radius 1 is 1.04 bits per heavy atom.